The third-order valence-electron chi connectivity index (χ3n) is 3.93. The van der Waals surface area contributed by atoms with Gasteiger partial charge in [-0.25, -0.2) is 8.78 Å². The summed E-state index contributed by atoms with van der Waals surface area (Å²) in [5.41, 5.74) is -0.219. The lowest BCUT2D eigenvalue weighted by atomic mass is 10.1. The molecule has 1 heterocycles. The van der Waals surface area contributed by atoms with Crippen molar-refractivity contribution in [3.8, 4) is 0 Å². The van der Waals surface area contributed by atoms with Gasteiger partial charge in [-0.15, -0.1) is 0 Å². The summed E-state index contributed by atoms with van der Waals surface area (Å²) in [4.78, 5) is 25.4. The number of carbonyl (C=O) groups excluding carboxylic acids is 2. The summed E-state index contributed by atoms with van der Waals surface area (Å²) in [5, 5.41) is 11.6. The van der Waals surface area contributed by atoms with Crippen LogP contribution in [0.4, 0.5) is 8.78 Å². The highest BCUT2D eigenvalue weighted by Gasteiger charge is 2.25. The molecule has 1 aliphatic heterocycles. The van der Waals surface area contributed by atoms with Crippen LogP contribution in [0.3, 0.4) is 0 Å². The van der Waals surface area contributed by atoms with Gasteiger partial charge in [0.2, 0.25) is 5.91 Å². The first-order valence-corrected chi connectivity index (χ1v) is 7.63. The van der Waals surface area contributed by atoms with E-state index in [1.54, 1.807) is 4.90 Å². The average molecular weight is 326 g/mol. The van der Waals surface area contributed by atoms with Gasteiger partial charge in [0.25, 0.3) is 5.91 Å². The largest absolute Gasteiger partial charge is 0.396 e. The Morgan fingerprint density at radius 1 is 1.35 bits per heavy atom. The standard InChI is InChI=1S/C16H20F2N2O3/c17-12-3-4-13(14(18)8-12)16(23)19-6-1-2-15(22)20-7-5-11(9-20)10-21/h3-4,8,11,21H,1-2,5-7,9-10H2,(H,19,23). The van der Waals surface area contributed by atoms with E-state index >= 15 is 0 Å². The predicted molar refractivity (Wildman–Crippen MR) is 79.7 cm³/mol. The van der Waals surface area contributed by atoms with Crippen molar-refractivity contribution >= 4 is 11.8 Å². The average Bonchev–Trinajstić information content (AvgIpc) is 3.00. The van der Waals surface area contributed by atoms with Gasteiger partial charge < -0.3 is 15.3 Å². The first-order chi connectivity index (χ1) is 11.0. The summed E-state index contributed by atoms with van der Waals surface area (Å²) >= 11 is 0. The minimum absolute atomic E-state index is 0.0110. The first kappa shape index (κ1) is 17.3. The molecule has 7 heteroatoms. The van der Waals surface area contributed by atoms with Crippen molar-refractivity contribution in [3.05, 3.63) is 35.4 Å². The number of hydrogen-bond acceptors (Lipinski definition) is 3. The van der Waals surface area contributed by atoms with Crippen molar-refractivity contribution in [2.75, 3.05) is 26.2 Å². The van der Waals surface area contributed by atoms with Gasteiger partial charge in [0, 0.05) is 44.6 Å². The normalized spacial score (nSPS) is 17.3. The summed E-state index contributed by atoms with van der Waals surface area (Å²) in [7, 11) is 0. The van der Waals surface area contributed by atoms with Gasteiger partial charge in [0.15, 0.2) is 0 Å². The molecule has 2 N–H and O–H groups in total. The quantitative estimate of drug-likeness (QED) is 0.775. The van der Waals surface area contributed by atoms with Gasteiger partial charge in [-0.2, -0.15) is 0 Å². The van der Waals surface area contributed by atoms with E-state index in [-0.39, 0.29) is 37.0 Å². The molecule has 1 fully saturated rings. The molecular weight excluding hydrogens is 306 g/mol. The maximum atomic E-state index is 13.4. The highest BCUT2D eigenvalue weighted by Crippen LogP contribution is 2.16. The van der Waals surface area contributed by atoms with Crippen molar-refractivity contribution < 1.29 is 23.5 Å². The number of nitrogens with zero attached hydrogens (tertiary/aromatic N) is 1. The lowest BCUT2D eigenvalue weighted by Gasteiger charge is -2.16. The first-order valence-electron chi connectivity index (χ1n) is 7.63. The predicted octanol–water partition coefficient (Wildman–Crippen LogP) is 1.32. The van der Waals surface area contributed by atoms with E-state index in [0.717, 1.165) is 18.6 Å². The van der Waals surface area contributed by atoms with Crippen LogP contribution >= 0.6 is 0 Å². The number of aliphatic hydroxyl groups is 1. The summed E-state index contributed by atoms with van der Waals surface area (Å²) in [6, 6.07) is 2.76. The smallest absolute Gasteiger partial charge is 0.254 e. The fraction of sp³-hybridized carbons (Fsp3) is 0.500. The van der Waals surface area contributed by atoms with Crippen LogP contribution in [0.15, 0.2) is 18.2 Å². The third kappa shape index (κ3) is 4.72. The van der Waals surface area contributed by atoms with Crippen LogP contribution in [0.25, 0.3) is 0 Å². The summed E-state index contributed by atoms with van der Waals surface area (Å²) < 4.78 is 26.2. The van der Waals surface area contributed by atoms with Crippen molar-refractivity contribution in [1.82, 2.24) is 10.2 Å². The maximum Gasteiger partial charge on any atom is 0.254 e. The van der Waals surface area contributed by atoms with Crippen LogP contribution in [-0.2, 0) is 4.79 Å². The second-order valence-electron chi connectivity index (χ2n) is 5.66. The molecule has 2 amide bonds. The maximum absolute atomic E-state index is 13.4. The topological polar surface area (TPSA) is 69.6 Å². The Kier molecular flexibility index (Phi) is 6.04. The Labute approximate surface area is 133 Å². The number of benzene rings is 1. The number of nitrogens with one attached hydrogen (secondary N) is 1. The fourth-order valence-electron chi connectivity index (χ4n) is 2.58. The lowest BCUT2D eigenvalue weighted by molar-refractivity contribution is -0.130. The number of rotatable bonds is 6. The molecule has 1 atom stereocenters. The molecule has 1 aliphatic rings. The Balaban J connectivity index is 1.71. The number of halogens is 2. The fourth-order valence-corrected chi connectivity index (χ4v) is 2.58. The van der Waals surface area contributed by atoms with Crippen LogP contribution in [0.2, 0.25) is 0 Å². The molecule has 0 aliphatic carbocycles. The second-order valence-corrected chi connectivity index (χ2v) is 5.66. The molecule has 1 unspecified atom stereocenters. The monoisotopic (exact) mass is 326 g/mol. The van der Waals surface area contributed by atoms with E-state index in [9.17, 15) is 18.4 Å². The SMILES string of the molecule is O=C(NCCCC(=O)N1CCC(CO)C1)c1ccc(F)cc1F. The van der Waals surface area contributed by atoms with Crippen LogP contribution in [0, 0.1) is 17.6 Å². The lowest BCUT2D eigenvalue weighted by Crippen LogP contribution is -2.30. The number of carbonyl (C=O) groups is 2. The molecule has 126 valence electrons. The van der Waals surface area contributed by atoms with Crippen LogP contribution in [-0.4, -0.2) is 48.1 Å². The van der Waals surface area contributed by atoms with E-state index < -0.39 is 17.5 Å². The minimum Gasteiger partial charge on any atom is -0.396 e. The molecule has 5 nitrogen and oxygen atoms in total. The van der Waals surface area contributed by atoms with Gasteiger partial charge in [0.05, 0.1) is 5.56 Å². The molecule has 0 bridgehead atoms. The van der Waals surface area contributed by atoms with E-state index in [0.29, 0.717) is 25.6 Å². The number of aliphatic hydroxyl groups excluding tert-OH is 1. The molecule has 0 aromatic heterocycles. The van der Waals surface area contributed by atoms with Gasteiger partial charge in [-0.1, -0.05) is 0 Å². The summed E-state index contributed by atoms with van der Waals surface area (Å²) in [6.07, 6.45) is 1.53. The number of likely N-dealkylation sites (tertiary alicyclic amines) is 1. The van der Waals surface area contributed by atoms with Gasteiger partial charge in [0.1, 0.15) is 11.6 Å². The number of amides is 2. The third-order valence-corrected chi connectivity index (χ3v) is 3.93. The molecule has 1 aromatic carbocycles. The zero-order chi connectivity index (χ0) is 16.8. The summed E-state index contributed by atoms with van der Waals surface area (Å²) in [6.45, 7) is 1.54. The molecule has 2 rings (SSSR count). The van der Waals surface area contributed by atoms with Crippen molar-refractivity contribution in [3.63, 3.8) is 0 Å². The Bertz CT molecular complexity index is 580. The Morgan fingerprint density at radius 2 is 2.13 bits per heavy atom. The molecule has 0 spiro atoms. The summed E-state index contributed by atoms with van der Waals surface area (Å²) in [5.74, 6) is -2.14. The van der Waals surface area contributed by atoms with Crippen LogP contribution in [0.1, 0.15) is 29.6 Å². The van der Waals surface area contributed by atoms with Crippen molar-refractivity contribution in [1.29, 1.82) is 0 Å². The zero-order valence-electron chi connectivity index (χ0n) is 12.7. The minimum atomic E-state index is -0.911. The molecular formula is C16H20F2N2O3. The highest BCUT2D eigenvalue weighted by atomic mass is 19.1. The van der Waals surface area contributed by atoms with Gasteiger partial charge in [-0.05, 0) is 25.0 Å². The highest BCUT2D eigenvalue weighted by molar-refractivity contribution is 5.94. The molecule has 1 saturated heterocycles. The van der Waals surface area contributed by atoms with Crippen molar-refractivity contribution in [2.45, 2.75) is 19.3 Å². The Hall–Kier alpha value is -2.02. The van der Waals surface area contributed by atoms with E-state index in [2.05, 4.69) is 5.32 Å². The van der Waals surface area contributed by atoms with E-state index in [1.807, 2.05) is 0 Å². The van der Waals surface area contributed by atoms with E-state index in [1.165, 1.54) is 0 Å². The van der Waals surface area contributed by atoms with Gasteiger partial charge >= 0.3 is 0 Å². The van der Waals surface area contributed by atoms with Crippen molar-refractivity contribution in [2.24, 2.45) is 5.92 Å². The Morgan fingerprint density at radius 3 is 2.78 bits per heavy atom. The molecule has 23 heavy (non-hydrogen) atoms. The number of hydrogen-bond donors (Lipinski definition) is 2. The second kappa shape index (κ2) is 8.01. The van der Waals surface area contributed by atoms with Gasteiger partial charge in [-0.3, -0.25) is 9.59 Å². The van der Waals surface area contributed by atoms with Crippen LogP contribution in [0.5, 0.6) is 0 Å². The molecule has 0 radical (unpaired) electrons. The van der Waals surface area contributed by atoms with Crippen LogP contribution < -0.4 is 5.32 Å². The van der Waals surface area contributed by atoms with E-state index in [4.69, 9.17) is 5.11 Å². The zero-order valence-corrected chi connectivity index (χ0v) is 12.7. The molecule has 1 aromatic rings. The molecule has 0 saturated carbocycles.